The van der Waals surface area contributed by atoms with Gasteiger partial charge in [0.1, 0.15) is 10.8 Å². The molecule has 0 bridgehead atoms. The molecule has 3 nitrogen and oxygen atoms in total. The fourth-order valence-corrected chi connectivity index (χ4v) is 1.43. The summed E-state index contributed by atoms with van der Waals surface area (Å²) >= 11 is 5.65. The highest BCUT2D eigenvalue weighted by Crippen LogP contribution is 2.20. The van der Waals surface area contributed by atoms with Crippen molar-refractivity contribution in [2.24, 2.45) is 0 Å². The molecule has 4 heteroatoms. The van der Waals surface area contributed by atoms with Crippen LogP contribution in [0.25, 0.3) is 0 Å². The maximum atomic E-state index is 11.4. The van der Waals surface area contributed by atoms with Crippen molar-refractivity contribution in [2.45, 2.75) is 6.54 Å². The smallest absolute Gasteiger partial charge is 0.272 e. The normalized spacial score (nSPS) is 15.2. The fraction of sp³-hybridized carbons (Fsp3) is 0.250. The summed E-state index contributed by atoms with van der Waals surface area (Å²) in [5, 5.41) is 0.373. The fourth-order valence-electron chi connectivity index (χ4n) is 1.29. The summed E-state index contributed by atoms with van der Waals surface area (Å²) < 4.78 is 0. The van der Waals surface area contributed by atoms with Gasteiger partial charge in [0.05, 0.1) is 0 Å². The van der Waals surface area contributed by atoms with Gasteiger partial charge < -0.3 is 4.90 Å². The average Bonchev–Trinajstić information content (AvgIpc) is 2.31. The first-order valence-corrected chi connectivity index (χ1v) is 3.97. The number of rotatable bonds is 0. The Balaban J connectivity index is 2.56. The largest absolute Gasteiger partial charge is 0.336 e. The van der Waals surface area contributed by atoms with Gasteiger partial charge in [-0.1, -0.05) is 17.7 Å². The van der Waals surface area contributed by atoms with E-state index in [0.717, 1.165) is 5.56 Å². The Morgan fingerprint density at radius 2 is 2.33 bits per heavy atom. The van der Waals surface area contributed by atoms with Crippen molar-refractivity contribution >= 4 is 17.5 Å². The quantitative estimate of drug-likeness (QED) is 0.567. The Morgan fingerprint density at radius 1 is 1.58 bits per heavy atom. The van der Waals surface area contributed by atoms with E-state index in [-0.39, 0.29) is 5.91 Å². The first-order valence-electron chi connectivity index (χ1n) is 3.59. The molecule has 0 spiro atoms. The second kappa shape index (κ2) is 2.45. The summed E-state index contributed by atoms with van der Waals surface area (Å²) in [7, 11) is 1.75. The average molecular weight is 183 g/mol. The predicted molar refractivity (Wildman–Crippen MR) is 45.0 cm³/mol. The third kappa shape index (κ3) is 0.975. The van der Waals surface area contributed by atoms with Crippen LogP contribution in [0.5, 0.6) is 0 Å². The van der Waals surface area contributed by atoms with Gasteiger partial charge in [-0.3, -0.25) is 4.79 Å². The zero-order valence-corrected chi connectivity index (χ0v) is 7.30. The number of carbonyl (C=O) groups excluding carboxylic acids is 1. The van der Waals surface area contributed by atoms with Crippen LogP contribution in [0.3, 0.4) is 0 Å². The predicted octanol–water partition coefficient (Wildman–Crippen LogP) is 1.32. The number of fused-ring (bicyclic) bond motifs is 1. The molecule has 0 saturated carbocycles. The number of carbonyl (C=O) groups is 1. The molecule has 0 aliphatic carbocycles. The van der Waals surface area contributed by atoms with Crippen molar-refractivity contribution in [3.05, 3.63) is 28.5 Å². The summed E-state index contributed by atoms with van der Waals surface area (Å²) in [6, 6.07) is 3.54. The van der Waals surface area contributed by atoms with Crippen molar-refractivity contribution in [2.75, 3.05) is 7.05 Å². The zero-order chi connectivity index (χ0) is 8.72. The molecule has 1 aromatic heterocycles. The van der Waals surface area contributed by atoms with Crippen LogP contribution in [0.4, 0.5) is 0 Å². The SMILES string of the molecule is CN1Cc2ccc(Cl)nc2C1=O. The lowest BCUT2D eigenvalue weighted by Gasteiger charge is -2.03. The second-order valence-electron chi connectivity index (χ2n) is 2.80. The van der Waals surface area contributed by atoms with Crippen molar-refractivity contribution in [1.29, 1.82) is 0 Å². The van der Waals surface area contributed by atoms with Crippen LogP contribution in [0, 0.1) is 0 Å². The minimum absolute atomic E-state index is 0.0486. The molecule has 0 unspecified atom stereocenters. The monoisotopic (exact) mass is 182 g/mol. The molecule has 2 heterocycles. The Morgan fingerprint density at radius 3 is 3.08 bits per heavy atom. The van der Waals surface area contributed by atoms with Gasteiger partial charge in [0, 0.05) is 19.2 Å². The summed E-state index contributed by atoms with van der Waals surface area (Å²) in [6.45, 7) is 0.637. The molecule has 0 aromatic carbocycles. The molecule has 1 aliphatic rings. The van der Waals surface area contributed by atoms with Gasteiger partial charge in [0.25, 0.3) is 5.91 Å². The minimum atomic E-state index is -0.0486. The number of pyridine rings is 1. The lowest BCUT2D eigenvalue weighted by Crippen LogP contribution is -2.18. The number of hydrogen-bond acceptors (Lipinski definition) is 2. The maximum absolute atomic E-state index is 11.4. The topological polar surface area (TPSA) is 33.2 Å². The molecule has 62 valence electrons. The summed E-state index contributed by atoms with van der Waals surface area (Å²) in [4.78, 5) is 16.9. The second-order valence-corrected chi connectivity index (χ2v) is 3.19. The van der Waals surface area contributed by atoms with E-state index in [1.165, 1.54) is 0 Å². The summed E-state index contributed by atoms with van der Waals surface area (Å²) in [5.74, 6) is -0.0486. The molecule has 1 aliphatic heterocycles. The molecule has 0 N–H and O–H groups in total. The molecule has 0 fully saturated rings. The molecule has 1 aromatic rings. The van der Waals surface area contributed by atoms with E-state index in [0.29, 0.717) is 17.4 Å². The first-order chi connectivity index (χ1) is 5.68. The molecule has 1 amide bonds. The highest BCUT2D eigenvalue weighted by molar-refractivity contribution is 6.29. The van der Waals surface area contributed by atoms with Crippen molar-refractivity contribution < 1.29 is 4.79 Å². The van der Waals surface area contributed by atoms with Gasteiger partial charge in [-0.25, -0.2) is 4.98 Å². The van der Waals surface area contributed by atoms with Crippen LogP contribution in [-0.4, -0.2) is 22.8 Å². The van der Waals surface area contributed by atoms with Gasteiger partial charge in [-0.05, 0) is 6.07 Å². The molecule has 2 rings (SSSR count). The number of amides is 1. The van der Waals surface area contributed by atoms with Crippen LogP contribution in [0.1, 0.15) is 16.1 Å². The van der Waals surface area contributed by atoms with Gasteiger partial charge in [0.15, 0.2) is 0 Å². The van der Waals surface area contributed by atoms with E-state index < -0.39 is 0 Å². The van der Waals surface area contributed by atoms with Gasteiger partial charge in [0.2, 0.25) is 0 Å². The summed E-state index contributed by atoms with van der Waals surface area (Å²) in [5.41, 5.74) is 1.44. The molecule has 0 atom stereocenters. The van der Waals surface area contributed by atoms with Crippen molar-refractivity contribution in [1.82, 2.24) is 9.88 Å². The lowest BCUT2D eigenvalue weighted by atomic mass is 10.2. The summed E-state index contributed by atoms with van der Waals surface area (Å²) in [6.07, 6.45) is 0. The van der Waals surface area contributed by atoms with Crippen LogP contribution in [-0.2, 0) is 6.54 Å². The first kappa shape index (κ1) is 7.55. The standard InChI is InChI=1S/C8H7ClN2O/c1-11-4-5-2-3-6(9)10-7(5)8(11)12/h2-3H,4H2,1H3. The number of hydrogen-bond donors (Lipinski definition) is 0. The van der Waals surface area contributed by atoms with E-state index in [2.05, 4.69) is 4.98 Å². The van der Waals surface area contributed by atoms with Crippen LogP contribution < -0.4 is 0 Å². The van der Waals surface area contributed by atoms with Crippen LogP contribution in [0.2, 0.25) is 5.15 Å². The van der Waals surface area contributed by atoms with E-state index >= 15 is 0 Å². The molecular formula is C8H7ClN2O. The number of halogens is 1. The molecule has 0 saturated heterocycles. The van der Waals surface area contributed by atoms with E-state index in [4.69, 9.17) is 11.6 Å². The van der Waals surface area contributed by atoms with E-state index in [9.17, 15) is 4.79 Å². The van der Waals surface area contributed by atoms with Crippen molar-refractivity contribution in [3.63, 3.8) is 0 Å². The van der Waals surface area contributed by atoms with Gasteiger partial charge in [-0.15, -0.1) is 0 Å². The van der Waals surface area contributed by atoms with Crippen molar-refractivity contribution in [3.8, 4) is 0 Å². The maximum Gasteiger partial charge on any atom is 0.272 e. The molecular weight excluding hydrogens is 176 g/mol. The highest BCUT2D eigenvalue weighted by Gasteiger charge is 2.25. The van der Waals surface area contributed by atoms with E-state index in [1.54, 1.807) is 18.0 Å². The van der Waals surface area contributed by atoms with Gasteiger partial charge >= 0.3 is 0 Å². The Kier molecular flexibility index (Phi) is 1.54. The Labute approximate surface area is 75.0 Å². The number of nitrogens with zero attached hydrogens (tertiary/aromatic N) is 2. The third-order valence-corrected chi connectivity index (χ3v) is 2.11. The molecule has 0 radical (unpaired) electrons. The Hall–Kier alpha value is -1.09. The molecule has 12 heavy (non-hydrogen) atoms. The van der Waals surface area contributed by atoms with Gasteiger partial charge in [-0.2, -0.15) is 0 Å². The van der Waals surface area contributed by atoms with E-state index in [1.807, 2.05) is 6.07 Å². The lowest BCUT2D eigenvalue weighted by molar-refractivity contribution is 0.0812. The Bertz CT molecular complexity index is 351. The zero-order valence-electron chi connectivity index (χ0n) is 6.54. The number of aromatic nitrogens is 1. The highest BCUT2D eigenvalue weighted by atomic mass is 35.5. The minimum Gasteiger partial charge on any atom is -0.336 e. The third-order valence-electron chi connectivity index (χ3n) is 1.90. The van der Waals surface area contributed by atoms with Crippen LogP contribution in [0.15, 0.2) is 12.1 Å². The van der Waals surface area contributed by atoms with Crippen LogP contribution >= 0.6 is 11.6 Å².